The van der Waals surface area contributed by atoms with E-state index in [9.17, 15) is 31.9 Å². The molecule has 2 heterocycles. The minimum Gasteiger partial charge on any atom is -0.390 e. The molecular formula is C21H24F5NO3. The zero-order chi connectivity index (χ0) is 22.2. The number of hydrogen-bond donors (Lipinski definition) is 1. The summed E-state index contributed by atoms with van der Waals surface area (Å²) in [6.07, 6.45) is -4.25. The van der Waals surface area contributed by atoms with E-state index in [-0.39, 0.29) is 49.8 Å². The number of aromatic nitrogens is 1. The molecule has 4 nitrogen and oxygen atoms in total. The maximum absolute atomic E-state index is 13.7. The molecule has 3 rings (SSSR count). The predicted molar refractivity (Wildman–Crippen MR) is 99.9 cm³/mol. The van der Waals surface area contributed by atoms with E-state index in [0.29, 0.717) is 12.1 Å². The number of pyridine rings is 1. The lowest BCUT2D eigenvalue weighted by Gasteiger charge is -2.36. The number of Topliss-reactive ketones (excluding diaryl/α,β-unsaturated/α-hetero) is 1. The van der Waals surface area contributed by atoms with Gasteiger partial charge in [0.2, 0.25) is 0 Å². The Morgan fingerprint density at radius 3 is 2.67 bits per heavy atom. The van der Waals surface area contributed by atoms with Crippen LogP contribution in [0.25, 0.3) is 5.52 Å². The van der Waals surface area contributed by atoms with Gasteiger partial charge in [0.05, 0.1) is 23.3 Å². The van der Waals surface area contributed by atoms with Crippen molar-refractivity contribution >= 4 is 11.3 Å². The van der Waals surface area contributed by atoms with Crippen LogP contribution in [0.4, 0.5) is 22.0 Å². The molecule has 30 heavy (non-hydrogen) atoms. The molecule has 0 aromatic carbocycles. The van der Waals surface area contributed by atoms with Crippen molar-refractivity contribution in [1.82, 2.24) is 4.40 Å². The molecular weight excluding hydrogens is 409 g/mol. The first kappa shape index (κ1) is 22.7. The third-order valence-electron chi connectivity index (χ3n) is 5.63. The fraction of sp³-hybridized carbons (Fsp3) is 0.571. The van der Waals surface area contributed by atoms with Crippen LogP contribution in [0.1, 0.15) is 60.1 Å². The molecule has 166 valence electrons. The molecule has 1 N–H and O–H groups in total. The van der Waals surface area contributed by atoms with Crippen LogP contribution in [-0.4, -0.2) is 40.5 Å². The van der Waals surface area contributed by atoms with Gasteiger partial charge < -0.3 is 14.2 Å². The van der Waals surface area contributed by atoms with Crippen molar-refractivity contribution in [3.05, 3.63) is 41.2 Å². The largest absolute Gasteiger partial charge is 0.418 e. The Kier molecular flexibility index (Phi) is 6.25. The van der Waals surface area contributed by atoms with E-state index in [0.717, 1.165) is 6.07 Å². The van der Waals surface area contributed by atoms with Crippen LogP contribution < -0.4 is 0 Å². The summed E-state index contributed by atoms with van der Waals surface area (Å²) in [5.74, 6) is -3.62. The Morgan fingerprint density at radius 1 is 1.30 bits per heavy atom. The van der Waals surface area contributed by atoms with Gasteiger partial charge in [-0.25, -0.2) is 8.78 Å². The van der Waals surface area contributed by atoms with Gasteiger partial charge in [-0.15, -0.1) is 0 Å². The summed E-state index contributed by atoms with van der Waals surface area (Å²) < 4.78 is 74.4. The second kappa shape index (κ2) is 8.26. The Morgan fingerprint density at radius 2 is 2.03 bits per heavy atom. The van der Waals surface area contributed by atoms with E-state index in [4.69, 9.17) is 4.74 Å². The molecule has 1 aliphatic carbocycles. The summed E-state index contributed by atoms with van der Waals surface area (Å²) >= 11 is 0. The first-order valence-electron chi connectivity index (χ1n) is 9.78. The van der Waals surface area contributed by atoms with E-state index < -0.39 is 35.5 Å². The van der Waals surface area contributed by atoms with E-state index >= 15 is 0 Å². The number of hydrogen-bond acceptors (Lipinski definition) is 3. The van der Waals surface area contributed by atoms with Crippen LogP contribution in [0.5, 0.6) is 0 Å². The number of halogens is 5. The molecule has 1 saturated carbocycles. The number of nitrogens with zero attached hydrogens (tertiary/aromatic N) is 1. The van der Waals surface area contributed by atoms with Gasteiger partial charge >= 0.3 is 6.18 Å². The maximum Gasteiger partial charge on any atom is 0.418 e. The lowest BCUT2D eigenvalue weighted by atomic mass is 9.79. The smallest absolute Gasteiger partial charge is 0.390 e. The summed E-state index contributed by atoms with van der Waals surface area (Å²) in [4.78, 5) is 12.9. The van der Waals surface area contributed by atoms with Gasteiger partial charge in [-0.3, -0.25) is 4.79 Å². The van der Waals surface area contributed by atoms with E-state index in [1.165, 1.54) is 29.8 Å². The van der Waals surface area contributed by atoms with Crippen molar-refractivity contribution in [3.63, 3.8) is 0 Å². The zero-order valence-electron chi connectivity index (χ0n) is 16.6. The van der Waals surface area contributed by atoms with Gasteiger partial charge in [0.1, 0.15) is 0 Å². The van der Waals surface area contributed by atoms with Gasteiger partial charge in [0, 0.05) is 50.2 Å². The van der Waals surface area contributed by atoms with E-state index in [1.807, 2.05) is 0 Å². The van der Waals surface area contributed by atoms with Crippen molar-refractivity contribution in [2.24, 2.45) is 0 Å². The van der Waals surface area contributed by atoms with E-state index in [1.54, 1.807) is 0 Å². The monoisotopic (exact) mass is 433 g/mol. The topological polar surface area (TPSA) is 50.9 Å². The summed E-state index contributed by atoms with van der Waals surface area (Å²) in [6.45, 7) is 0.255. The van der Waals surface area contributed by atoms with Crippen LogP contribution in [0.2, 0.25) is 0 Å². The van der Waals surface area contributed by atoms with Gasteiger partial charge in [0.25, 0.3) is 5.92 Å². The summed E-state index contributed by atoms with van der Waals surface area (Å²) in [5, 5.41) is 10.5. The molecule has 0 amide bonds. The Balaban J connectivity index is 1.93. The van der Waals surface area contributed by atoms with Crippen LogP contribution in [0.3, 0.4) is 0 Å². The molecule has 0 spiro atoms. The number of rotatable bonds is 7. The minimum absolute atomic E-state index is 0.125. The third-order valence-corrected chi connectivity index (χ3v) is 5.63. The highest BCUT2D eigenvalue weighted by atomic mass is 19.4. The van der Waals surface area contributed by atoms with Crippen molar-refractivity contribution < 1.29 is 36.6 Å². The molecule has 1 fully saturated rings. The molecule has 0 radical (unpaired) electrons. The van der Waals surface area contributed by atoms with Gasteiger partial charge in [-0.2, -0.15) is 13.2 Å². The van der Waals surface area contributed by atoms with Crippen LogP contribution >= 0.6 is 0 Å². The number of fused-ring (bicyclic) bond motifs is 1. The highest BCUT2D eigenvalue weighted by Gasteiger charge is 2.44. The van der Waals surface area contributed by atoms with E-state index in [2.05, 4.69) is 0 Å². The molecule has 9 heteroatoms. The molecule has 1 atom stereocenters. The second-order valence-corrected chi connectivity index (χ2v) is 7.96. The standard InChI is InChI=1S/C21H24F5NO3/c1-30-11-6-14-12-15(18-16(21(24,25)26)4-2-10-27(14)18)17(28)5-9-19(29)7-3-8-20(22,23)13-19/h2,4,10,12,29H,3,5-9,11,13H2,1H3. The zero-order valence-corrected chi connectivity index (χ0v) is 16.6. The Labute approximate surface area is 170 Å². The number of aliphatic hydroxyl groups is 1. The Hall–Kier alpha value is -2.00. The number of carbonyl (C=O) groups is 1. The first-order valence-corrected chi connectivity index (χ1v) is 9.78. The van der Waals surface area contributed by atoms with Gasteiger partial charge in [-0.05, 0) is 37.5 Å². The molecule has 0 saturated heterocycles. The van der Waals surface area contributed by atoms with Crippen LogP contribution in [0.15, 0.2) is 24.4 Å². The third kappa shape index (κ3) is 4.83. The lowest BCUT2D eigenvalue weighted by Crippen LogP contribution is -2.41. The highest BCUT2D eigenvalue weighted by molar-refractivity contribution is 6.03. The van der Waals surface area contributed by atoms with Crippen LogP contribution in [0, 0.1) is 0 Å². The van der Waals surface area contributed by atoms with Crippen molar-refractivity contribution in [1.29, 1.82) is 0 Å². The van der Waals surface area contributed by atoms with Gasteiger partial charge in [-0.1, -0.05) is 0 Å². The highest BCUT2D eigenvalue weighted by Crippen LogP contribution is 2.42. The van der Waals surface area contributed by atoms with Crippen molar-refractivity contribution in [3.8, 4) is 0 Å². The molecule has 0 bridgehead atoms. The lowest BCUT2D eigenvalue weighted by molar-refractivity contribution is -0.136. The quantitative estimate of drug-likeness (QED) is 0.491. The maximum atomic E-state index is 13.7. The fourth-order valence-corrected chi connectivity index (χ4v) is 4.20. The summed E-state index contributed by atoms with van der Waals surface area (Å²) in [5.41, 5.74) is -2.55. The SMILES string of the molecule is COCCc1cc(C(=O)CCC2(O)CCCC(F)(F)C2)c2c(C(F)(F)F)cccn12. The number of carbonyl (C=O) groups excluding carboxylic acids is 1. The van der Waals surface area contributed by atoms with Crippen molar-refractivity contribution in [2.45, 2.75) is 62.6 Å². The molecule has 1 aliphatic rings. The molecule has 2 aromatic rings. The van der Waals surface area contributed by atoms with Crippen LogP contribution in [-0.2, 0) is 17.3 Å². The number of alkyl halides is 5. The number of ketones is 1. The second-order valence-electron chi connectivity index (χ2n) is 7.96. The summed E-state index contributed by atoms with van der Waals surface area (Å²) in [7, 11) is 1.46. The fourth-order valence-electron chi connectivity index (χ4n) is 4.20. The minimum atomic E-state index is -4.67. The number of ether oxygens (including phenoxy) is 1. The summed E-state index contributed by atoms with van der Waals surface area (Å²) in [6, 6.07) is 3.56. The van der Waals surface area contributed by atoms with Crippen molar-refractivity contribution in [2.75, 3.05) is 13.7 Å². The van der Waals surface area contributed by atoms with Gasteiger partial charge in [0.15, 0.2) is 5.78 Å². The Bertz CT molecular complexity index is 921. The molecule has 2 aromatic heterocycles. The molecule has 0 aliphatic heterocycles. The number of methoxy groups -OCH3 is 1. The first-order chi connectivity index (χ1) is 14.0. The average molecular weight is 433 g/mol. The predicted octanol–water partition coefficient (Wildman–Crippen LogP) is 5.05. The average Bonchev–Trinajstić information content (AvgIpc) is 3.01. The molecule has 1 unspecified atom stereocenters. The normalized spacial score (nSPS) is 21.8.